The molecule has 2 rings (SSSR count). The van der Waals surface area contributed by atoms with E-state index >= 15 is 0 Å². The van der Waals surface area contributed by atoms with E-state index in [9.17, 15) is 18.0 Å². The molecule has 2 aromatic rings. The molecule has 0 bridgehead atoms. The highest BCUT2D eigenvalue weighted by Gasteiger charge is 2.24. The van der Waals surface area contributed by atoms with Gasteiger partial charge in [-0.3, -0.25) is 4.79 Å². The van der Waals surface area contributed by atoms with Crippen molar-refractivity contribution in [3.05, 3.63) is 53.6 Å². The van der Waals surface area contributed by atoms with Crippen molar-refractivity contribution >= 4 is 27.6 Å². The number of rotatable bonds is 7. The number of hydrogen-bond donors (Lipinski definition) is 1. The number of esters is 1. The van der Waals surface area contributed by atoms with Gasteiger partial charge in [0.1, 0.15) is 10.6 Å². The molecule has 0 saturated heterocycles. The van der Waals surface area contributed by atoms with Crippen molar-refractivity contribution in [3.63, 3.8) is 0 Å². The first-order chi connectivity index (χ1) is 13.2. The zero-order valence-electron chi connectivity index (χ0n) is 16.1. The molecule has 9 heteroatoms. The maximum atomic E-state index is 12.5. The van der Waals surface area contributed by atoms with E-state index in [0.717, 1.165) is 4.31 Å². The fourth-order valence-corrected chi connectivity index (χ4v) is 3.40. The molecule has 2 aromatic carbocycles. The number of nitrogens with zero attached hydrogens (tertiary/aromatic N) is 1. The van der Waals surface area contributed by atoms with Crippen LogP contribution in [0.5, 0.6) is 5.75 Å². The second-order valence-electron chi connectivity index (χ2n) is 5.91. The fraction of sp³-hybridized carbons (Fsp3) is 0.263. The monoisotopic (exact) mass is 406 g/mol. The average molecular weight is 406 g/mol. The normalized spacial score (nSPS) is 11.2. The van der Waals surface area contributed by atoms with E-state index in [2.05, 4.69) is 5.32 Å². The molecule has 0 aromatic heterocycles. The number of amides is 1. The molecule has 0 heterocycles. The minimum absolute atomic E-state index is 0.106. The van der Waals surface area contributed by atoms with Crippen LogP contribution in [0.3, 0.4) is 0 Å². The Morgan fingerprint density at radius 3 is 2.18 bits per heavy atom. The standard InChI is InChI=1S/C19H22N2O6S/c1-5-27-19(23)13-6-9-15(10-7-13)20-18(22)14-8-11-16(26-4)17(12-14)28(24,25)21(2)3/h6-12H,5H2,1-4H3,(H,20,22). The number of sulfonamides is 1. The summed E-state index contributed by atoms with van der Waals surface area (Å²) in [5.74, 6) is -0.806. The van der Waals surface area contributed by atoms with Crippen molar-refractivity contribution in [1.82, 2.24) is 4.31 Å². The minimum Gasteiger partial charge on any atom is -0.495 e. The third-order valence-corrected chi connectivity index (χ3v) is 5.67. The van der Waals surface area contributed by atoms with Crippen LogP contribution in [0.4, 0.5) is 5.69 Å². The van der Waals surface area contributed by atoms with Crippen molar-refractivity contribution in [3.8, 4) is 5.75 Å². The first-order valence-corrected chi connectivity index (χ1v) is 9.83. The Balaban J connectivity index is 2.26. The maximum absolute atomic E-state index is 12.5. The van der Waals surface area contributed by atoms with Crippen molar-refractivity contribution < 1.29 is 27.5 Å². The van der Waals surface area contributed by atoms with Gasteiger partial charge in [-0.1, -0.05) is 0 Å². The molecule has 0 aliphatic heterocycles. The molecule has 0 saturated carbocycles. The Morgan fingerprint density at radius 1 is 1.04 bits per heavy atom. The number of benzene rings is 2. The van der Waals surface area contributed by atoms with Crippen LogP contribution >= 0.6 is 0 Å². The topological polar surface area (TPSA) is 102 Å². The van der Waals surface area contributed by atoms with E-state index in [4.69, 9.17) is 9.47 Å². The Bertz CT molecular complexity index is 968. The lowest BCUT2D eigenvalue weighted by molar-refractivity contribution is 0.0526. The summed E-state index contributed by atoms with van der Waals surface area (Å²) in [4.78, 5) is 24.1. The number of ether oxygens (including phenoxy) is 2. The predicted molar refractivity (Wildman–Crippen MR) is 104 cm³/mol. The SMILES string of the molecule is CCOC(=O)c1ccc(NC(=O)c2ccc(OC)c(S(=O)(=O)N(C)C)c2)cc1. The van der Waals surface area contributed by atoms with Crippen molar-refractivity contribution in [2.45, 2.75) is 11.8 Å². The second-order valence-corrected chi connectivity index (χ2v) is 8.03. The van der Waals surface area contributed by atoms with Gasteiger partial charge in [0.25, 0.3) is 5.91 Å². The molecule has 28 heavy (non-hydrogen) atoms. The Kier molecular flexibility index (Phi) is 6.76. The third kappa shape index (κ3) is 4.68. The number of nitrogens with one attached hydrogen (secondary N) is 1. The summed E-state index contributed by atoms with van der Waals surface area (Å²) in [6.07, 6.45) is 0. The zero-order valence-corrected chi connectivity index (χ0v) is 16.9. The molecule has 1 amide bonds. The van der Waals surface area contributed by atoms with Crippen molar-refractivity contribution in [2.24, 2.45) is 0 Å². The van der Waals surface area contributed by atoms with Crippen molar-refractivity contribution in [1.29, 1.82) is 0 Å². The third-order valence-electron chi connectivity index (χ3n) is 3.84. The largest absolute Gasteiger partial charge is 0.495 e. The van der Waals surface area contributed by atoms with Gasteiger partial charge in [0.2, 0.25) is 10.0 Å². The number of hydrogen-bond acceptors (Lipinski definition) is 6. The van der Waals surface area contributed by atoms with E-state index in [-0.39, 0.29) is 22.8 Å². The zero-order chi connectivity index (χ0) is 20.9. The van der Waals surface area contributed by atoms with Gasteiger partial charge in [-0.05, 0) is 49.4 Å². The van der Waals surface area contributed by atoms with Crippen LogP contribution in [0.2, 0.25) is 0 Å². The van der Waals surface area contributed by atoms with Crippen LogP contribution in [0, 0.1) is 0 Å². The van der Waals surface area contributed by atoms with E-state index < -0.39 is 21.9 Å². The van der Waals surface area contributed by atoms with Crippen LogP contribution < -0.4 is 10.1 Å². The molecule has 150 valence electrons. The van der Waals surface area contributed by atoms with Crippen LogP contribution in [0.15, 0.2) is 47.4 Å². The summed E-state index contributed by atoms with van der Waals surface area (Å²) in [5, 5.41) is 2.66. The van der Waals surface area contributed by atoms with Gasteiger partial charge in [0.05, 0.1) is 19.3 Å². The minimum atomic E-state index is -3.79. The van der Waals surface area contributed by atoms with Gasteiger partial charge in [0.15, 0.2) is 0 Å². The van der Waals surface area contributed by atoms with E-state index in [1.165, 1.54) is 51.5 Å². The lowest BCUT2D eigenvalue weighted by Gasteiger charge is -2.15. The number of methoxy groups -OCH3 is 1. The molecule has 0 unspecified atom stereocenters. The summed E-state index contributed by atoms with van der Waals surface area (Å²) in [6, 6.07) is 10.3. The Labute approximate surface area is 164 Å². The summed E-state index contributed by atoms with van der Waals surface area (Å²) < 4.78 is 36.0. The highest BCUT2D eigenvalue weighted by molar-refractivity contribution is 7.89. The lowest BCUT2D eigenvalue weighted by Crippen LogP contribution is -2.23. The van der Waals surface area contributed by atoms with E-state index in [0.29, 0.717) is 11.3 Å². The molecule has 0 aliphatic rings. The number of carbonyl (C=O) groups is 2. The van der Waals surface area contributed by atoms with Gasteiger partial charge >= 0.3 is 5.97 Å². The highest BCUT2D eigenvalue weighted by atomic mass is 32.2. The molecule has 0 atom stereocenters. The lowest BCUT2D eigenvalue weighted by atomic mass is 10.1. The summed E-state index contributed by atoms with van der Waals surface area (Å²) in [7, 11) is 0.355. The maximum Gasteiger partial charge on any atom is 0.338 e. The van der Waals surface area contributed by atoms with Crippen LogP contribution in [0.25, 0.3) is 0 Å². The summed E-state index contributed by atoms with van der Waals surface area (Å²) in [5.41, 5.74) is 0.963. The van der Waals surface area contributed by atoms with Gasteiger partial charge in [0, 0.05) is 25.3 Å². The van der Waals surface area contributed by atoms with Crippen molar-refractivity contribution in [2.75, 3.05) is 33.1 Å². The molecule has 0 radical (unpaired) electrons. The quantitative estimate of drug-likeness (QED) is 0.709. The summed E-state index contributed by atoms with van der Waals surface area (Å²) in [6.45, 7) is 1.99. The average Bonchev–Trinajstić information content (AvgIpc) is 2.68. The van der Waals surface area contributed by atoms with E-state index in [1.54, 1.807) is 19.1 Å². The highest BCUT2D eigenvalue weighted by Crippen LogP contribution is 2.27. The van der Waals surface area contributed by atoms with E-state index in [1.807, 2.05) is 0 Å². The van der Waals surface area contributed by atoms with Gasteiger partial charge < -0.3 is 14.8 Å². The smallest absolute Gasteiger partial charge is 0.338 e. The van der Waals surface area contributed by atoms with Gasteiger partial charge in [-0.15, -0.1) is 0 Å². The number of carbonyl (C=O) groups excluding carboxylic acids is 2. The van der Waals surface area contributed by atoms with Gasteiger partial charge in [-0.2, -0.15) is 0 Å². The molecule has 1 N–H and O–H groups in total. The van der Waals surface area contributed by atoms with Crippen LogP contribution in [0.1, 0.15) is 27.6 Å². The first kappa shape index (κ1) is 21.4. The van der Waals surface area contributed by atoms with Crippen LogP contribution in [-0.4, -0.2) is 52.4 Å². The molecule has 0 fully saturated rings. The summed E-state index contributed by atoms with van der Waals surface area (Å²) >= 11 is 0. The van der Waals surface area contributed by atoms with Crippen LogP contribution in [-0.2, 0) is 14.8 Å². The predicted octanol–water partition coefficient (Wildman–Crippen LogP) is 2.37. The number of anilines is 1. The Morgan fingerprint density at radius 2 is 1.64 bits per heavy atom. The molecule has 8 nitrogen and oxygen atoms in total. The molecular weight excluding hydrogens is 384 g/mol. The Hall–Kier alpha value is -2.91. The first-order valence-electron chi connectivity index (χ1n) is 8.39. The fourth-order valence-electron chi connectivity index (χ4n) is 2.32. The molecular formula is C19H22N2O6S. The second kappa shape index (κ2) is 8.85. The molecule has 0 aliphatic carbocycles. The van der Waals surface area contributed by atoms with Gasteiger partial charge in [-0.25, -0.2) is 17.5 Å². The molecule has 0 spiro atoms.